The van der Waals surface area contributed by atoms with Crippen molar-refractivity contribution in [3.8, 4) is 0 Å². The first-order valence-corrected chi connectivity index (χ1v) is 3.54. The van der Waals surface area contributed by atoms with Crippen molar-refractivity contribution >= 4 is 5.78 Å². The largest absolute Gasteiger partial charge is 0.366 e. The molecule has 3 aliphatic rings. The predicted molar refractivity (Wildman–Crippen MR) is 29.9 cm³/mol. The van der Waals surface area contributed by atoms with Gasteiger partial charge in [0, 0.05) is 6.42 Å². The van der Waals surface area contributed by atoms with E-state index in [0.717, 1.165) is 5.92 Å². The van der Waals surface area contributed by atoms with E-state index in [1.165, 1.54) is 6.42 Å². The number of carbonyl (C=O) groups excluding carboxylic acids is 1. The second-order valence-electron chi connectivity index (χ2n) is 3.33. The number of ether oxygens (including phenoxy) is 1. The maximum absolute atomic E-state index is 10.9. The van der Waals surface area contributed by atoms with Gasteiger partial charge in [-0.05, 0) is 18.3 Å². The lowest BCUT2D eigenvalue weighted by Gasteiger charge is -1.99. The molecule has 2 nitrogen and oxygen atoms in total. The molecule has 4 unspecified atom stereocenters. The Balaban J connectivity index is 2.04. The van der Waals surface area contributed by atoms with Gasteiger partial charge in [-0.15, -0.1) is 0 Å². The van der Waals surface area contributed by atoms with Crippen molar-refractivity contribution in [1.29, 1.82) is 0 Å². The SMILES string of the molecule is O=C1CC2OC1C1CC21. The van der Waals surface area contributed by atoms with E-state index in [1.54, 1.807) is 0 Å². The zero-order chi connectivity index (χ0) is 6.01. The summed E-state index contributed by atoms with van der Waals surface area (Å²) in [5, 5.41) is 0. The van der Waals surface area contributed by atoms with Crippen LogP contribution in [0.25, 0.3) is 0 Å². The fourth-order valence-electron chi connectivity index (χ4n) is 2.23. The minimum Gasteiger partial charge on any atom is -0.366 e. The minimum atomic E-state index is 0.0417. The number of rotatable bonds is 0. The summed E-state index contributed by atoms with van der Waals surface area (Å²) in [6, 6.07) is 0. The molecule has 3 rings (SSSR count). The third-order valence-corrected chi connectivity index (χ3v) is 2.80. The van der Waals surface area contributed by atoms with Gasteiger partial charge in [0.25, 0.3) is 0 Å². The van der Waals surface area contributed by atoms with Gasteiger partial charge in [0.2, 0.25) is 0 Å². The van der Waals surface area contributed by atoms with E-state index in [2.05, 4.69) is 0 Å². The summed E-state index contributed by atoms with van der Waals surface area (Å²) >= 11 is 0. The summed E-state index contributed by atoms with van der Waals surface area (Å²) in [5.41, 5.74) is 0. The Morgan fingerprint density at radius 3 is 2.89 bits per heavy atom. The molecule has 0 aromatic rings. The van der Waals surface area contributed by atoms with Crippen LogP contribution in [0.3, 0.4) is 0 Å². The molecule has 3 fully saturated rings. The molecule has 0 radical (unpaired) electrons. The monoisotopic (exact) mass is 124 g/mol. The fourth-order valence-corrected chi connectivity index (χ4v) is 2.23. The van der Waals surface area contributed by atoms with Crippen LogP contribution in [0, 0.1) is 11.8 Å². The highest BCUT2D eigenvalue weighted by Crippen LogP contribution is 2.57. The van der Waals surface area contributed by atoms with Crippen LogP contribution >= 0.6 is 0 Å². The van der Waals surface area contributed by atoms with E-state index in [0.29, 0.717) is 24.2 Å². The molecule has 48 valence electrons. The van der Waals surface area contributed by atoms with Crippen LogP contribution in [0.4, 0.5) is 0 Å². The molecule has 0 aromatic carbocycles. The van der Waals surface area contributed by atoms with Crippen LogP contribution in [-0.4, -0.2) is 18.0 Å². The first kappa shape index (κ1) is 4.45. The van der Waals surface area contributed by atoms with Gasteiger partial charge in [0.15, 0.2) is 5.78 Å². The van der Waals surface area contributed by atoms with Gasteiger partial charge in [0.1, 0.15) is 6.10 Å². The minimum absolute atomic E-state index is 0.0417. The van der Waals surface area contributed by atoms with Gasteiger partial charge in [0.05, 0.1) is 6.10 Å². The van der Waals surface area contributed by atoms with E-state index in [-0.39, 0.29) is 6.10 Å². The van der Waals surface area contributed by atoms with Crippen molar-refractivity contribution < 1.29 is 9.53 Å². The van der Waals surface area contributed by atoms with Crippen molar-refractivity contribution in [1.82, 2.24) is 0 Å². The first-order valence-electron chi connectivity index (χ1n) is 3.54. The maximum Gasteiger partial charge on any atom is 0.164 e. The molecule has 9 heavy (non-hydrogen) atoms. The zero-order valence-electron chi connectivity index (χ0n) is 5.04. The average Bonchev–Trinajstić information content (AvgIpc) is 2.46. The molecule has 1 aliphatic carbocycles. The third kappa shape index (κ3) is 0.368. The number of hydrogen-bond acceptors (Lipinski definition) is 2. The van der Waals surface area contributed by atoms with Gasteiger partial charge in [-0.2, -0.15) is 0 Å². The Kier molecular flexibility index (Phi) is 0.533. The second-order valence-corrected chi connectivity index (χ2v) is 3.33. The molecule has 2 bridgehead atoms. The summed E-state index contributed by atoms with van der Waals surface area (Å²) in [4.78, 5) is 10.9. The van der Waals surface area contributed by atoms with Crippen molar-refractivity contribution in [2.75, 3.05) is 0 Å². The van der Waals surface area contributed by atoms with E-state index in [9.17, 15) is 4.79 Å². The zero-order valence-corrected chi connectivity index (χ0v) is 5.04. The van der Waals surface area contributed by atoms with Crippen molar-refractivity contribution in [2.24, 2.45) is 11.8 Å². The summed E-state index contributed by atoms with van der Waals surface area (Å²) < 4.78 is 5.40. The van der Waals surface area contributed by atoms with E-state index in [1.807, 2.05) is 0 Å². The van der Waals surface area contributed by atoms with Crippen LogP contribution in [0.15, 0.2) is 0 Å². The van der Waals surface area contributed by atoms with Crippen LogP contribution in [-0.2, 0) is 9.53 Å². The Bertz CT molecular complexity index is 187. The number of Topliss-reactive ketones (excluding diaryl/α,β-unsaturated/α-hetero) is 1. The Morgan fingerprint density at radius 2 is 2.33 bits per heavy atom. The Morgan fingerprint density at radius 1 is 1.44 bits per heavy atom. The van der Waals surface area contributed by atoms with Crippen molar-refractivity contribution in [3.63, 3.8) is 0 Å². The highest BCUT2D eigenvalue weighted by Gasteiger charge is 2.62. The molecule has 0 N–H and O–H groups in total. The number of ketones is 1. The van der Waals surface area contributed by atoms with Gasteiger partial charge in [-0.1, -0.05) is 0 Å². The summed E-state index contributed by atoms with van der Waals surface area (Å²) in [5.74, 6) is 1.79. The summed E-state index contributed by atoms with van der Waals surface area (Å²) in [6.07, 6.45) is 2.36. The lowest BCUT2D eigenvalue weighted by Crippen LogP contribution is -2.17. The van der Waals surface area contributed by atoms with E-state index < -0.39 is 0 Å². The number of hydrogen-bond donors (Lipinski definition) is 0. The lowest BCUT2D eigenvalue weighted by molar-refractivity contribution is -0.122. The highest BCUT2D eigenvalue weighted by molar-refractivity contribution is 5.87. The molecule has 2 heteroatoms. The lowest BCUT2D eigenvalue weighted by atomic mass is 10.00. The average molecular weight is 124 g/mol. The molecular weight excluding hydrogens is 116 g/mol. The number of fused-ring (bicyclic) bond motifs is 5. The number of carbonyl (C=O) groups is 1. The quantitative estimate of drug-likeness (QED) is 0.466. The van der Waals surface area contributed by atoms with Gasteiger partial charge >= 0.3 is 0 Å². The molecule has 2 aliphatic heterocycles. The van der Waals surface area contributed by atoms with Crippen molar-refractivity contribution in [2.45, 2.75) is 25.0 Å². The van der Waals surface area contributed by atoms with Crippen LogP contribution in [0.2, 0.25) is 0 Å². The predicted octanol–water partition coefficient (Wildman–Crippen LogP) is 0.363. The summed E-state index contributed by atoms with van der Waals surface area (Å²) in [7, 11) is 0. The Hall–Kier alpha value is -0.370. The molecule has 0 amide bonds. The normalized spacial score (nSPS) is 60.2. The fraction of sp³-hybridized carbons (Fsp3) is 0.857. The molecule has 2 heterocycles. The van der Waals surface area contributed by atoms with Gasteiger partial charge < -0.3 is 4.74 Å². The highest BCUT2D eigenvalue weighted by atomic mass is 16.5. The molecule has 1 saturated carbocycles. The first-order chi connectivity index (χ1) is 4.36. The van der Waals surface area contributed by atoms with E-state index >= 15 is 0 Å². The molecule has 0 aromatic heterocycles. The molecule has 4 atom stereocenters. The van der Waals surface area contributed by atoms with Gasteiger partial charge in [-0.25, -0.2) is 0 Å². The van der Waals surface area contributed by atoms with Crippen LogP contribution < -0.4 is 0 Å². The van der Waals surface area contributed by atoms with Crippen LogP contribution in [0.1, 0.15) is 12.8 Å². The standard InChI is InChI=1S/C7H8O2/c8-5-2-6-3-1-4(3)7(5)9-6/h3-4,6-7H,1-2H2. The molecule has 0 spiro atoms. The smallest absolute Gasteiger partial charge is 0.164 e. The molecular formula is C7H8O2. The maximum atomic E-state index is 10.9. The van der Waals surface area contributed by atoms with Crippen molar-refractivity contribution in [3.05, 3.63) is 0 Å². The van der Waals surface area contributed by atoms with Crippen LogP contribution in [0.5, 0.6) is 0 Å². The second kappa shape index (κ2) is 1.08. The third-order valence-electron chi connectivity index (χ3n) is 2.80. The topological polar surface area (TPSA) is 26.3 Å². The molecule has 2 saturated heterocycles. The Labute approximate surface area is 53.2 Å². The summed E-state index contributed by atoms with van der Waals surface area (Å²) in [6.45, 7) is 0. The van der Waals surface area contributed by atoms with Gasteiger partial charge in [-0.3, -0.25) is 4.79 Å². The van der Waals surface area contributed by atoms with E-state index in [4.69, 9.17) is 4.74 Å².